The summed E-state index contributed by atoms with van der Waals surface area (Å²) in [5.41, 5.74) is 1.41. The van der Waals surface area contributed by atoms with Crippen molar-refractivity contribution in [2.75, 3.05) is 13.1 Å². The molecule has 2 aliphatic rings. The molecule has 0 spiro atoms. The molecule has 1 aromatic rings. The Morgan fingerprint density at radius 2 is 1.93 bits per heavy atom. The molecule has 1 saturated heterocycles. The molecule has 0 saturated carbocycles. The molecule has 1 N–H and O–H groups in total. The molecule has 1 unspecified atom stereocenters. The highest BCUT2D eigenvalue weighted by Crippen LogP contribution is 2.27. The molecule has 154 valence electrons. The molecular weight excluding hydrogens is 379 g/mol. The van der Waals surface area contributed by atoms with Crippen LogP contribution in [0.5, 0.6) is 0 Å². The van der Waals surface area contributed by atoms with Crippen LogP contribution in [0.4, 0.5) is 4.39 Å². The molecular formula is C21H29FN2O3S. The minimum absolute atomic E-state index is 0.0745. The van der Waals surface area contributed by atoms with Gasteiger partial charge in [-0.2, -0.15) is 4.31 Å². The van der Waals surface area contributed by atoms with Crippen LogP contribution in [0.1, 0.15) is 57.8 Å². The van der Waals surface area contributed by atoms with Crippen molar-refractivity contribution in [2.24, 2.45) is 0 Å². The number of benzene rings is 1. The first-order valence-corrected chi connectivity index (χ1v) is 11.6. The Morgan fingerprint density at radius 3 is 2.64 bits per heavy atom. The highest BCUT2D eigenvalue weighted by atomic mass is 32.2. The van der Waals surface area contributed by atoms with Crippen LogP contribution in [-0.4, -0.2) is 37.8 Å². The van der Waals surface area contributed by atoms with Gasteiger partial charge in [0.1, 0.15) is 5.82 Å². The maximum Gasteiger partial charge on any atom is 0.243 e. The van der Waals surface area contributed by atoms with Crippen LogP contribution < -0.4 is 5.32 Å². The van der Waals surface area contributed by atoms with E-state index in [1.807, 2.05) is 0 Å². The quantitative estimate of drug-likeness (QED) is 0.699. The molecule has 0 bridgehead atoms. The topological polar surface area (TPSA) is 66.5 Å². The molecule has 1 heterocycles. The predicted molar refractivity (Wildman–Crippen MR) is 107 cm³/mol. The van der Waals surface area contributed by atoms with Crippen LogP contribution in [-0.2, 0) is 14.8 Å². The van der Waals surface area contributed by atoms with Crippen LogP contribution in [0.25, 0.3) is 0 Å². The summed E-state index contributed by atoms with van der Waals surface area (Å²) in [6.07, 6.45) is 10.4. The fourth-order valence-corrected chi connectivity index (χ4v) is 5.71. The molecule has 1 aromatic carbocycles. The van der Waals surface area contributed by atoms with Gasteiger partial charge in [-0.15, -0.1) is 0 Å². The maximum absolute atomic E-state index is 13.2. The number of nitrogens with zero attached hydrogens (tertiary/aromatic N) is 1. The lowest BCUT2D eigenvalue weighted by molar-refractivity contribution is -0.122. The van der Waals surface area contributed by atoms with Gasteiger partial charge in [-0.3, -0.25) is 4.79 Å². The van der Waals surface area contributed by atoms with Crippen LogP contribution in [0, 0.1) is 5.82 Å². The third kappa shape index (κ3) is 5.41. The van der Waals surface area contributed by atoms with E-state index in [2.05, 4.69) is 11.4 Å². The van der Waals surface area contributed by atoms with Gasteiger partial charge in [0.2, 0.25) is 15.9 Å². The number of rotatable bonds is 7. The molecule has 0 radical (unpaired) electrons. The number of nitrogens with one attached hydrogen (secondary N) is 1. The molecule has 0 aromatic heterocycles. The normalized spacial score (nSPS) is 21.2. The lowest BCUT2D eigenvalue weighted by Crippen LogP contribution is -2.46. The van der Waals surface area contributed by atoms with Gasteiger partial charge in [-0.1, -0.05) is 18.1 Å². The van der Waals surface area contributed by atoms with Crippen LogP contribution in [0.2, 0.25) is 0 Å². The second-order valence-corrected chi connectivity index (χ2v) is 9.52. The molecule has 5 nitrogen and oxygen atoms in total. The molecule has 1 atom stereocenters. The van der Waals surface area contributed by atoms with E-state index in [0.29, 0.717) is 19.5 Å². The van der Waals surface area contributed by atoms with E-state index in [1.54, 1.807) is 0 Å². The minimum Gasteiger partial charge on any atom is -0.356 e. The van der Waals surface area contributed by atoms with Gasteiger partial charge in [-0.25, -0.2) is 12.8 Å². The van der Waals surface area contributed by atoms with Crippen molar-refractivity contribution >= 4 is 15.9 Å². The van der Waals surface area contributed by atoms with Crippen molar-refractivity contribution in [3.8, 4) is 0 Å². The summed E-state index contributed by atoms with van der Waals surface area (Å²) in [4.78, 5) is 12.5. The Labute approximate surface area is 167 Å². The average Bonchev–Trinajstić information content (AvgIpc) is 2.69. The Bertz CT molecular complexity index is 805. The first-order chi connectivity index (χ1) is 13.5. The summed E-state index contributed by atoms with van der Waals surface area (Å²) in [5.74, 6) is -0.579. The highest BCUT2D eigenvalue weighted by molar-refractivity contribution is 7.89. The number of hydrogen-bond donors (Lipinski definition) is 1. The number of halogens is 1. The van der Waals surface area contributed by atoms with Crippen LogP contribution >= 0.6 is 0 Å². The van der Waals surface area contributed by atoms with Gasteiger partial charge in [0, 0.05) is 25.6 Å². The Hall–Kier alpha value is -1.73. The van der Waals surface area contributed by atoms with Crippen molar-refractivity contribution in [1.29, 1.82) is 0 Å². The van der Waals surface area contributed by atoms with Crippen molar-refractivity contribution in [2.45, 2.75) is 68.7 Å². The lowest BCUT2D eigenvalue weighted by Gasteiger charge is -2.34. The van der Waals surface area contributed by atoms with E-state index in [0.717, 1.165) is 44.2 Å². The van der Waals surface area contributed by atoms with Crippen molar-refractivity contribution < 1.29 is 17.6 Å². The van der Waals surface area contributed by atoms with Gasteiger partial charge in [0.25, 0.3) is 0 Å². The molecule has 1 aliphatic carbocycles. The Kier molecular flexibility index (Phi) is 7.24. The standard InChI is InChI=1S/C21H29FN2O3S/c22-18-9-11-20(12-10-18)28(26,27)24-15-5-4-8-19(24)16-21(25)23-14-13-17-6-2-1-3-7-17/h6,9-12,19H,1-5,7-8,13-16H2,(H,23,25). The van der Waals surface area contributed by atoms with Crippen molar-refractivity contribution in [3.05, 3.63) is 41.7 Å². The highest BCUT2D eigenvalue weighted by Gasteiger charge is 2.34. The van der Waals surface area contributed by atoms with Crippen molar-refractivity contribution in [3.63, 3.8) is 0 Å². The summed E-state index contributed by atoms with van der Waals surface area (Å²) in [6.45, 7) is 0.993. The average molecular weight is 409 g/mol. The molecule has 3 rings (SSSR count). The van der Waals surface area contributed by atoms with E-state index in [-0.39, 0.29) is 23.3 Å². The summed E-state index contributed by atoms with van der Waals surface area (Å²) in [7, 11) is -3.73. The van der Waals surface area contributed by atoms with Gasteiger partial charge < -0.3 is 5.32 Å². The number of sulfonamides is 1. The first kappa shape index (κ1) is 21.0. The van der Waals surface area contributed by atoms with Crippen LogP contribution in [0.3, 0.4) is 0 Å². The maximum atomic E-state index is 13.2. The molecule has 1 aliphatic heterocycles. The largest absolute Gasteiger partial charge is 0.356 e. The second kappa shape index (κ2) is 9.65. The SMILES string of the molecule is O=C(CC1CCCCN1S(=O)(=O)c1ccc(F)cc1)NCCC1=CCCCC1. The van der Waals surface area contributed by atoms with Crippen molar-refractivity contribution in [1.82, 2.24) is 9.62 Å². The third-order valence-corrected chi connectivity index (χ3v) is 7.53. The number of piperidine rings is 1. The zero-order valence-corrected chi connectivity index (χ0v) is 17.0. The van der Waals surface area contributed by atoms with Gasteiger partial charge in [-0.05, 0) is 69.2 Å². The zero-order chi connectivity index (χ0) is 20.0. The second-order valence-electron chi connectivity index (χ2n) is 7.63. The molecule has 7 heteroatoms. The van der Waals surface area contributed by atoms with Crippen LogP contribution in [0.15, 0.2) is 40.8 Å². The fraction of sp³-hybridized carbons (Fsp3) is 0.571. The van der Waals surface area contributed by atoms with E-state index in [1.165, 1.54) is 34.9 Å². The van der Waals surface area contributed by atoms with E-state index in [9.17, 15) is 17.6 Å². The zero-order valence-electron chi connectivity index (χ0n) is 16.2. The number of hydrogen-bond acceptors (Lipinski definition) is 3. The van der Waals surface area contributed by atoms with Gasteiger partial charge in [0.15, 0.2) is 0 Å². The van der Waals surface area contributed by atoms with E-state index >= 15 is 0 Å². The smallest absolute Gasteiger partial charge is 0.243 e. The Balaban J connectivity index is 1.58. The number of carbonyl (C=O) groups is 1. The first-order valence-electron chi connectivity index (χ1n) is 10.2. The summed E-state index contributed by atoms with van der Waals surface area (Å²) in [5, 5.41) is 2.95. The van der Waals surface area contributed by atoms with Gasteiger partial charge in [0.05, 0.1) is 4.90 Å². The molecule has 28 heavy (non-hydrogen) atoms. The predicted octanol–water partition coefficient (Wildman–Crippen LogP) is 3.77. The number of allylic oxidation sites excluding steroid dienone is 1. The third-order valence-electron chi connectivity index (χ3n) is 5.57. The summed E-state index contributed by atoms with van der Waals surface area (Å²) >= 11 is 0. The monoisotopic (exact) mass is 408 g/mol. The van der Waals surface area contributed by atoms with E-state index in [4.69, 9.17) is 0 Å². The van der Waals surface area contributed by atoms with E-state index < -0.39 is 15.8 Å². The number of amides is 1. The lowest BCUT2D eigenvalue weighted by atomic mass is 9.97. The minimum atomic E-state index is -3.73. The summed E-state index contributed by atoms with van der Waals surface area (Å²) in [6, 6.07) is 4.53. The molecule has 1 amide bonds. The summed E-state index contributed by atoms with van der Waals surface area (Å²) < 4.78 is 40.5. The Morgan fingerprint density at radius 1 is 1.14 bits per heavy atom. The van der Waals surface area contributed by atoms with Gasteiger partial charge >= 0.3 is 0 Å². The number of carbonyl (C=O) groups excluding carboxylic acids is 1. The molecule has 1 fully saturated rings. The fourth-order valence-electron chi connectivity index (χ4n) is 4.02.